The van der Waals surface area contributed by atoms with E-state index in [0.29, 0.717) is 8.43 Å². The highest BCUT2D eigenvalue weighted by molar-refractivity contribution is 7.21. The highest BCUT2D eigenvalue weighted by Crippen LogP contribution is 1.96. The summed E-state index contributed by atoms with van der Waals surface area (Å²) in [6, 6.07) is 7.75. The van der Waals surface area contributed by atoms with Crippen molar-refractivity contribution in [2.24, 2.45) is 0 Å². The first-order valence-corrected chi connectivity index (χ1v) is 3.38. The van der Waals surface area contributed by atoms with E-state index in [1.165, 1.54) is 0 Å². The van der Waals surface area contributed by atoms with Gasteiger partial charge in [0.25, 0.3) is 0 Å². The number of hydrogen-bond acceptors (Lipinski definition) is 1. The highest BCUT2D eigenvalue weighted by Gasteiger charge is 1.58. The van der Waals surface area contributed by atoms with Gasteiger partial charge in [-0.15, -0.1) is 0 Å². The molecule has 1 aromatic rings. The second-order valence-corrected chi connectivity index (χ2v) is 2.11. The fraction of sp³-hybridized carbons (Fsp3) is 0. The van der Waals surface area contributed by atoms with E-state index in [1.807, 2.05) is 30.1 Å². The van der Waals surface area contributed by atoms with Crippen molar-refractivity contribution >= 4 is 8.43 Å². The summed E-state index contributed by atoms with van der Waals surface area (Å²) in [6.07, 6.45) is 1.69. The average Bonchev–Trinajstić information content (AvgIpc) is 1.62. The van der Waals surface area contributed by atoms with Crippen LogP contribution in [-0.4, -0.2) is 0 Å². The molecule has 1 heterocycles. The largest absolute Gasteiger partial charge is 0.461 e. The van der Waals surface area contributed by atoms with E-state index in [-0.39, 0.29) is 0 Å². The van der Waals surface area contributed by atoms with Crippen LogP contribution in [0.4, 0.5) is 0 Å². The third-order valence-corrected chi connectivity index (χ3v) is 1.31. The smallest absolute Gasteiger partial charge is 0.0937 e. The summed E-state index contributed by atoms with van der Waals surface area (Å²) in [6.45, 7) is 0. The minimum Gasteiger partial charge on any atom is -0.461 e. The molecule has 1 nitrogen and oxygen atoms in total. The molecule has 0 aliphatic carbocycles. The fourth-order valence-corrected chi connectivity index (χ4v) is 0.812. The van der Waals surface area contributed by atoms with Gasteiger partial charge in [0.05, 0.1) is 6.26 Å². The summed E-state index contributed by atoms with van der Waals surface area (Å²) in [5.41, 5.74) is 0. The predicted molar refractivity (Wildman–Crippen MR) is 35.8 cm³/mol. The lowest BCUT2D eigenvalue weighted by molar-refractivity contribution is 0.688. The van der Waals surface area contributed by atoms with Gasteiger partial charge in [-0.25, -0.2) is 0 Å². The van der Waals surface area contributed by atoms with E-state index in [9.17, 15) is 0 Å². The second-order valence-electron chi connectivity index (χ2n) is 1.31. The molecule has 0 amide bonds. The van der Waals surface area contributed by atoms with Gasteiger partial charge in [0.1, 0.15) is 0 Å². The lowest BCUT2D eigenvalue weighted by Gasteiger charge is -1.72. The van der Waals surface area contributed by atoms with E-state index in [2.05, 4.69) is 0 Å². The Hall–Kier alpha value is -0.680. The maximum absolute atomic E-state index is 4.98. The maximum Gasteiger partial charge on any atom is 0.0937 e. The third kappa shape index (κ3) is 1.85. The van der Waals surface area contributed by atoms with Gasteiger partial charge in [0, 0.05) is 8.43 Å². The van der Waals surface area contributed by atoms with Crippen LogP contribution in [0.3, 0.4) is 0 Å². The van der Waals surface area contributed by atoms with Gasteiger partial charge in [0.2, 0.25) is 0 Å². The van der Waals surface area contributed by atoms with Gasteiger partial charge in [-0.3, -0.25) is 0 Å². The molecule has 0 fully saturated rings. The molecule has 0 bridgehead atoms. The van der Waals surface area contributed by atoms with Crippen LogP contribution in [0.2, 0.25) is 0 Å². The van der Waals surface area contributed by atoms with Crippen molar-refractivity contribution in [3.8, 4) is 0 Å². The molecule has 42 valence electrons. The summed E-state index contributed by atoms with van der Waals surface area (Å²) < 4.78 is 4.98. The highest BCUT2D eigenvalue weighted by atomic mass is 31.1. The van der Waals surface area contributed by atoms with Crippen molar-refractivity contribution in [1.82, 2.24) is 0 Å². The van der Waals surface area contributed by atoms with Crippen LogP contribution >= 0.6 is 8.43 Å². The number of rotatable bonds is 0. The molecule has 1 rings (SSSR count). The van der Waals surface area contributed by atoms with Crippen molar-refractivity contribution < 1.29 is 4.20 Å². The Morgan fingerprint density at radius 3 is 2.88 bits per heavy atom. The quantitative estimate of drug-likeness (QED) is 0.520. The van der Waals surface area contributed by atoms with Crippen LogP contribution in [0, 0.1) is 0 Å². The Morgan fingerprint density at radius 1 is 1.00 bits per heavy atom. The Kier molecular flexibility index (Phi) is 2.28. The van der Waals surface area contributed by atoms with Crippen molar-refractivity contribution in [3.63, 3.8) is 0 Å². The maximum atomic E-state index is 4.98. The first kappa shape index (κ1) is 5.46. The van der Waals surface area contributed by atoms with E-state index in [1.54, 1.807) is 6.26 Å². The summed E-state index contributed by atoms with van der Waals surface area (Å²) in [7, 11) is 0.472. The van der Waals surface area contributed by atoms with Gasteiger partial charge in [-0.1, -0.05) is 18.2 Å². The Bertz CT molecular complexity index is 113. The molecule has 1 aromatic heterocycles. The summed E-state index contributed by atoms with van der Waals surface area (Å²) in [5.74, 6) is 1.99. The molecule has 0 saturated heterocycles. The Labute approximate surface area is 49.8 Å². The van der Waals surface area contributed by atoms with Crippen molar-refractivity contribution in [1.29, 1.82) is 0 Å². The van der Waals surface area contributed by atoms with Crippen molar-refractivity contribution in [2.75, 3.05) is 0 Å². The minimum atomic E-state index is 0.472. The van der Waals surface area contributed by atoms with Gasteiger partial charge < -0.3 is 4.20 Å². The van der Waals surface area contributed by atoms with Crippen molar-refractivity contribution in [3.05, 3.63) is 36.3 Å². The van der Waals surface area contributed by atoms with Crippen LogP contribution in [0.25, 0.3) is 0 Å². The van der Waals surface area contributed by atoms with E-state index in [0.717, 1.165) is 0 Å². The van der Waals surface area contributed by atoms with Crippen molar-refractivity contribution in [2.45, 2.75) is 0 Å². The lowest BCUT2D eigenvalue weighted by atomic mass is 10.5. The zero-order chi connectivity index (χ0) is 5.66. The van der Waals surface area contributed by atoms with Crippen LogP contribution in [0.1, 0.15) is 0 Å². The van der Waals surface area contributed by atoms with Gasteiger partial charge in [-0.2, -0.15) is 0 Å². The first-order valence-electron chi connectivity index (χ1n) is 2.40. The zero-order valence-corrected chi connectivity index (χ0v) is 5.37. The van der Waals surface area contributed by atoms with Gasteiger partial charge in [-0.05, 0) is 11.9 Å². The van der Waals surface area contributed by atoms with Crippen LogP contribution in [0.5, 0.6) is 0 Å². The molecular weight excluding hydrogens is 119 g/mol. The molecule has 1 unspecified atom stereocenters. The summed E-state index contributed by atoms with van der Waals surface area (Å²) in [5, 5.41) is 0. The molecule has 0 radical (unpaired) electrons. The molecule has 8 heavy (non-hydrogen) atoms. The van der Waals surface area contributed by atoms with Crippen LogP contribution < -0.4 is 0 Å². The van der Waals surface area contributed by atoms with Gasteiger partial charge in [0.15, 0.2) is 0 Å². The van der Waals surface area contributed by atoms with Crippen LogP contribution in [0.15, 0.2) is 40.5 Å². The topological polar surface area (TPSA) is 13.1 Å². The minimum absolute atomic E-state index is 0.472. The molecule has 1 atom stereocenters. The predicted octanol–water partition coefficient (Wildman–Crippen LogP) is 2.44. The standard InChI is InChI=1S/C6H7OP/c1-2-4-6-8-7-5-3-1/h1-6,8H. The van der Waals surface area contributed by atoms with E-state index < -0.39 is 0 Å². The molecule has 0 aliphatic rings. The first-order chi connectivity index (χ1) is 4.00. The molecular formula is C6H7OP. The molecule has 2 heteroatoms. The molecule has 0 saturated carbocycles. The molecule has 0 aliphatic heterocycles. The zero-order valence-electron chi connectivity index (χ0n) is 4.37. The second kappa shape index (κ2) is 3.34. The average molecular weight is 126 g/mol. The SMILES string of the molecule is c1ccc[pH]occ1. The van der Waals surface area contributed by atoms with E-state index >= 15 is 0 Å². The molecule has 0 spiro atoms. The fourth-order valence-electron chi connectivity index (χ4n) is 0.386. The summed E-state index contributed by atoms with van der Waals surface area (Å²) in [4.78, 5) is 0. The summed E-state index contributed by atoms with van der Waals surface area (Å²) >= 11 is 0. The molecule has 0 aromatic carbocycles. The Balaban J connectivity index is 3.00. The van der Waals surface area contributed by atoms with E-state index in [4.69, 9.17) is 4.20 Å². The monoisotopic (exact) mass is 126 g/mol. The van der Waals surface area contributed by atoms with Gasteiger partial charge >= 0.3 is 0 Å². The molecule has 0 N–H and O–H groups in total. The third-order valence-electron chi connectivity index (χ3n) is 0.712. The number of hydrogen-bond donors (Lipinski definition) is 0. The van der Waals surface area contributed by atoms with Crippen LogP contribution in [-0.2, 0) is 0 Å². The Morgan fingerprint density at radius 2 is 1.88 bits per heavy atom. The normalized spacial score (nSPS) is 9.00. The lowest BCUT2D eigenvalue weighted by Crippen LogP contribution is -1.42.